The van der Waals surface area contributed by atoms with Crippen LogP contribution in [0.3, 0.4) is 0 Å². The fourth-order valence-electron chi connectivity index (χ4n) is 1.38. The molecule has 5 nitrogen and oxygen atoms in total. The number of imidazole rings is 1. The topological polar surface area (TPSA) is 83.8 Å². The van der Waals surface area contributed by atoms with E-state index in [1.54, 1.807) is 18.5 Å². The molecule has 0 radical (unpaired) electrons. The molecule has 0 atom stereocenters. The van der Waals surface area contributed by atoms with Gasteiger partial charge in [-0.2, -0.15) is 0 Å². The minimum Gasteiger partial charge on any atom is -0.398 e. The minimum atomic E-state index is -0.0837. The quantitative estimate of drug-likeness (QED) is 0.581. The van der Waals surface area contributed by atoms with Gasteiger partial charge in [0.15, 0.2) is 5.16 Å². The summed E-state index contributed by atoms with van der Waals surface area (Å²) in [6.07, 6.45) is 3.38. The van der Waals surface area contributed by atoms with Crippen molar-refractivity contribution in [1.82, 2.24) is 9.97 Å². The maximum atomic E-state index is 11.7. The Kier molecular flexibility index (Phi) is 3.88. The first-order chi connectivity index (χ1) is 8.65. The number of thioether (sulfide) groups is 1. The van der Waals surface area contributed by atoms with Crippen LogP contribution in [0, 0.1) is 6.92 Å². The lowest BCUT2D eigenvalue weighted by atomic mass is 10.2. The van der Waals surface area contributed by atoms with Crippen molar-refractivity contribution in [3.63, 3.8) is 0 Å². The number of nitrogens with zero attached hydrogens (tertiary/aromatic N) is 1. The summed E-state index contributed by atoms with van der Waals surface area (Å²) in [7, 11) is 0. The number of aryl methyl sites for hydroxylation is 1. The first-order valence-corrected chi connectivity index (χ1v) is 6.42. The molecule has 1 heterocycles. The third kappa shape index (κ3) is 3.27. The average Bonchev–Trinajstić information content (AvgIpc) is 2.84. The van der Waals surface area contributed by atoms with Gasteiger partial charge < -0.3 is 16.0 Å². The van der Waals surface area contributed by atoms with E-state index in [-0.39, 0.29) is 5.91 Å². The van der Waals surface area contributed by atoms with Gasteiger partial charge in [-0.3, -0.25) is 4.79 Å². The van der Waals surface area contributed by atoms with Gasteiger partial charge in [0.2, 0.25) is 5.91 Å². The molecule has 0 unspecified atom stereocenters. The number of aromatic amines is 1. The standard InChI is InChI=1S/C12H14N4OS/c1-8-2-3-9(6-10(8)13)16-11(17)7-18-12-14-4-5-15-12/h2-6H,7,13H2,1H3,(H,14,15)(H,16,17). The number of anilines is 2. The molecule has 18 heavy (non-hydrogen) atoms. The third-order valence-corrected chi connectivity index (χ3v) is 3.28. The van der Waals surface area contributed by atoms with Crippen molar-refractivity contribution in [2.75, 3.05) is 16.8 Å². The Morgan fingerprint density at radius 1 is 1.56 bits per heavy atom. The molecule has 2 aromatic rings. The molecule has 0 saturated heterocycles. The van der Waals surface area contributed by atoms with Crippen LogP contribution in [0.25, 0.3) is 0 Å². The van der Waals surface area contributed by atoms with E-state index in [2.05, 4.69) is 15.3 Å². The molecule has 1 aromatic carbocycles. The largest absolute Gasteiger partial charge is 0.398 e. The number of benzene rings is 1. The van der Waals surface area contributed by atoms with E-state index in [0.717, 1.165) is 10.7 Å². The maximum Gasteiger partial charge on any atom is 0.234 e. The summed E-state index contributed by atoms with van der Waals surface area (Å²) < 4.78 is 0. The second kappa shape index (κ2) is 5.59. The summed E-state index contributed by atoms with van der Waals surface area (Å²) in [4.78, 5) is 18.6. The van der Waals surface area contributed by atoms with E-state index in [4.69, 9.17) is 5.73 Å². The summed E-state index contributed by atoms with van der Waals surface area (Å²) in [6, 6.07) is 5.47. The second-order valence-electron chi connectivity index (χ2n) is 3.80. The molecule has 2 rings (SSSR count). The van der Waals surface area contributed by atoms with E-state index >= 15 is 0 Å². The monoisotopic (exact) mass is 262 g/mol. The number of rotatable bonds is 4. The van der Waals surface area contributed by atoms with Crippen molar-refractivity contribution in [1.29, 1.82) is 0 Å². The van der Waals surface area contributed by atoms with Crippen LogP contribution in [-0.4, -0.2) is 21.6 Å². The Hall–Kier alpha value is -1.95. The van der Waals surface area contributed by atoms with Crippen LogP contribution in [0.4, 0.5) is 11.4 Å². The Morgan fingerprint density at radius 2 is 2.39 bits per heavy atom. The Morgan fingerprint density at radius 3 is 3.06 bits per heavy atom. The molecule has 0 spiro atoms. The van der Waals surface area contributed by atoms with Gasteiger partial charge in [-0.1, -0.05) is 17.8 Å². The lowest BCUT2D eigenvalue weighted by Crippen LogP contribution is -2.14. The van der Waals surface area contributed by atoms with Crippen molar-refractivity contribution in [2.24, 2.45) is 0 Å². The molecule has 0 bridgehead atoms. The first-order valence-electron chi connectivity index (χ1n) is 5.43. The molecular formula is C12H14N4OS. The number of nitrogen functional groups attached to an aromatic ring is 1. The first kappa shape index (κ1) is 12.5. The zero-order valence-corrected chi connectivity index (χ0v) is 10.8. The second-order valence-corrected chi connectivity index (χ2v) is 4.77. The predicted molar refractivity (Wildman–Crippen MR) is 73.5 cm³/mol. The lowest BCUT2D eigenvalue weighted by Gasteiger charge is -2.06. The summed E-state index contributed by atoms with van der Waals surface area (Å²) in [5, 5.41) is 3.52. The number of amides is 1. The molecule has 0 saturated carbocycles. The Bertz CT molecular complexity index is 539. The number of carbonyl (C=O) groups is 1. The van der Waals surface area contributed by atoms with Gasteiger partial charge >= 0.3 is 0 Å². The number of nitrogens with two attached hydrogens (primary N) is 1. The average molecular weight is 262 g/mol. The molecule has 0 aliphatic carbocycles. The van der Waals surface area contributed by atoms with E-state index in [1.807, 2.05) is 19.1 Å². The van der Waals surface area contributed by atoms with Gasteiger partial charge in [-0.15, -0.1) is 0 Å². The highest BCUT2D eigenvalue weighted by molar-refractivity contribution is 7.99. The summed E-state index contributed by atoms with van der Waals surface area (Å²) in [5.41, 5.74) is 8.16. The van der Waals surface area contributed by atoms with E-state index < -0.39 is 0 Å². The highest BCUT2D eigenvalue weighted by Crippen LogP contribution is 2.18. The number of aromatic nitrogens is 2. The molecule has 4 N–H and O–H groups in total. The molecule has 0 fully saturated rings. The van der Waals surface area contributed by atoms with Crippen molar-refractivity contribution in [3.05, 3.63) is 36.2 Å². The maximum absolute atomic E-state index is 11.7. The van der Waals surface area contributed by atoms with Gasteiger partial charge in [0, 0.05) is 23.8 Å². The van der Waals surface area contributed by atoms with Crippen molar-refractivity contribution >= 4 is 29.0 Å². The predicted octanol–water partition coefficient (Wildman–Crippen LogP) is 2.03. The summed E-state index contributed by atoms with van der Waals surface area (Å²) >= 11 is 1.35. The van der Waals surface area contributed by atoms with E-state index in [0.29, 0.717) is 17.1 Å². The van der Waals surface area contributed by atoms with E-state index in [9.17, 15) is 4.79 Å². The Balaban J connectivity index is 1.88. The molecule has 0 aliphatic heterocycles. The van der Waals surface area contributed by atoms with Crippen molar-refractivity contribution in [2.45, 2.75) is 12.1 Å². The summed E-state index contributed by atoms with van der Waals surface area (Å²) in [6.45, 7) is 1.92. The number of nitrogens with one attached hydrogen (secondary N) is 2. The van der Waals surface area contributed by atoms with Crippen LogP contribution in [0.2, 0.25) is 0 Å². The van der Waals surface area contributed by atoms with Crippen LogP contribution in [0.15, 0.2) is 35.7 Å². The van der Waals surface area contributed by atoms with Crippen LogP contribution in [-0.2, 0) is 4.79 Å². The molecule has 6 heteroatoms. The zero-order chi connectivity index (χ0) is 13.0. The zero-order valence-electron chi connectivity index (χ0n) is 9.93. The highest BCUT2D eigenvalue weighted by atomic mass is 32.2. The molecule has 0 aliphatic rings. The van der Waals surface area contributed by atoms with Gasteiger partial charge in [-0.25, -0.2) is 4.98 Å². The van der Waals surface area contributed by atoms with Crippen molar-refractivity contribution in [3.8, 4) is 0 Å². The van der Waals surface area contributed by atoms with Gasteiger partial charge in [-0.05, 0) is 24.6 Å². The number of carbonyl (C=O) groups excluding carboxylic acids is 1. The third-order valence-electron chi connectivity index (χ3n) is 2.38. The van der Waals surface area contributed by atoms with Crippen LogP contribution >= 0.6 is 11.8 Å². The van der Waals surface area contributed by atoms with Crippen LogP contribution < -0.4 is 11.1 Å². The van der Waals surface area contributed by atoms with Gasteiger partial charge in [0.1, 0.15) is 0 Å². The smallest absolute Gasteiger partial charge is 0.234 e. The number of H-pyrrole nitrogens is 1. The SMILES string of the molecule is Cc1ccc(NC(=O)CSc2ncc[nH]2)cc1N. The highest BCUT2D eigenvalue weighted by Gasteiger charge is 2.05. The summed E-state index contributed by atoms with van der Waals surface area (Å²) in [5.74, 6) is 0.223. The fraction of sp³-hybridized carbons (Fsp3) is 0.167. The minimum absolute atomic E-state index is 0.0837. The van der Waals surface area contributed by atoms with Crippen LogP contribution in [0.5, 0.6) is 0 Å². The normalized spacial score (nSPS) is 10.3. The van der Waals surface area contributed by atoms with Crippen molar-refractivity contribution < 1.29 is 4.79 Å². The van der Waals surface area contributed by atoms with Gasteiger partial charge in [0.05, 0.1) is 5.75 Å². The molecular weight excluding hydrogens is 248 g/mol. The fourth-order valence-corrected chi connectivity index (χ4v) is 2.01. The van der Waals surface area contributed by atoms with Crippen LogP contribution in [0.1, 0.15) is 5.56 Å². The molecule has 1 aromatic heterocycles. The number of hydrogen-bond acceptors (Lipinski definition) is 4. The number of hydrogen-bond donors (Lipinski definition) is 3. The van der Waals surface area contributed by atoms with Gasteiger partial charge in [0.25, 0.3) is 0 Å². The molecule has 1 amide bonds. The lowest BCUT2D eigenvalue weighted by molar-refractivity contribution is -0.113. The van der Waals surface area contributed by atoms with E-state index in [1.165, 1.54) is 11.8 Å². The molecule has 94 valence electrons. The Labute approximate surface area is 109 Å².